The number of hydrogen-bond acceptors (Lipinski definition) is 11. The molecular formula is C41H56N6O6S2. The number of hydrogen-bond donors (Lipinski definition) is 3. The van der Waals surface area contributed by atoms with Gasteiger partial charge in [0.05, 0.1) is 48.1 Å². The molecule has 298 valence electrons. The molecule has 0 unspecified atom stereocenters. The minimum atomic E-state index is -0.252. The lowest BCUT2D eigenvalue weighted by molar-refractivity contribution is -0.132. The van der Waals surface area contributed by atoms with Crippen molar-refractivity contribution >= 4 is 44.7 Å². The number of nitrogens with zero attached hydrogens (tertiary/aromatic N) is 4. The van der Waals surface area contributed by atoms with Crippen LogP contribution in [0.4, 0.5) is 0 Å². The second-order valence-corrected chi connectivity index (χ2v) is 16.5. The Morgan fingerprint density at radius 2 is 1.80 bits per heavy atom. The van der Waals surface area contributed by atoms with Crippen LogP contribution >= 0.6 is 22.7 Å². The quantitative estimate of drug-likeness (QED) is 0.113. The highest BCUT2D eigenvalue weighted by atomic mass is 32.1. The van der Waals surface area contributed by atoms with Crippen molar-refractivity contribution in [3.63, 3.8) is 0 Å². The Hall–Kier alpha value is -3.66. The number of aryl methyl sites for hydroxylation is 1. The highest BCUT2D eigenvalue weighted by Gasteiger charge is 2.41. The number of aromatic amines is 1. The van der Waals surface area contributed by atoms with Crippen LogP contribution < -0.4 is 10.2 Å². The second kappa shape index (κ2) is 20.0. The van der Waals surface area contributed by atoms with Gasteiger partial charge in [-0.1, -0.05) is 55.5 Å². The van der Waals surface area contributed by atoms with E-state index in [0.717, 1.165) is 91.2 Å². The lowest BCUT2D eigenvalue weighted by atomic mass is 9.89. The number of nitrogens with one attached hydrogen (secondary N) is 2. The minimum absolute atomic E-state index is 0.0306. The molecule has 2 aromatic carbocycles. The van der Waals surface area contributed by atoms with Crippen LogP contribution in [0.1, 0.15) is 71.7 Å². The van der Waals surface area contributed by atoms with Gasteiger partial charge in [0.1, 0.15) is 17.0 Å². The number of carbonyl (C=O) groups excluding carboxylic acids is 2. The van der Waals surface area contributed by atoms with Gasteiger partial charge < -0.3 is 39.6 Å². The van der Waals surface area contributed by atoms with E-state index in [1.165, 1.54) is 11.1 Å². The zero-order chi connectivity index (χ0) is 38.6. The molecule has 12 nitrogen and oxygen atoms in total. The summed E-state index contributed by atoms with van der Waals surface area (Å²) in [5.41, 5.74) is 4.37. The number of piperidine rings is 1. The number of phenols is 1. The van der Waals surface area contributed by atoms with Crippen LogP contribution in [0.15, 0.2) is 46.6 Å². The maximum Gasteiger partial charge on any atom is 0.305 e. The van der Waals surface area contributed by atoms with Gasteiger partial charge in [-0.2, -0.15) is 0 Å². The van der Waals surface area contributed by atoms with E-state index in [9.17, 15) is 19.5 Å². The number of aromatic nitrogens is 2. The van der Waals surface area contributed by atoms with Gasteiger partial charge in [-0.25, -0.2) is 4.98 Å². The Morgan fingerprint density at radius 3 is 2.55 bits per heavy atom. The van der Waals surface area contributed by atoms with E-state index in [1.54, 1.807) is 17.4 Å². The molecule has 2 fully saturated rings. The first-order valence-electron chi connectivity index (χ1n) is 19.8. The third-order valence-electron chi connectivity index (χ3n) is 10.7. The van der Waals surface area contributed by atoms with Crippen LogP contribution in [-0.4, -0.2) is 126 Å². The molecule has 55 heavy (non-hydrogen) atoms. The third kappa shape index (κ3) is 11.2. The number of phenolic OH excluding ortho intramolecular Hbond substituents is 1. The van der Waals surface area contributed by atoms with Crippen LogP contribution in [0, 0.1) is 0 Å². The number of carbonyl (C=O) groups is 2. The van der Waals surface area contributed by atoms with Crippen molar-refractivity contribution in [2.45, 2.75) is 70.8 Å². The molecular weight excluding hydrogens is 737 g/mol. The minimum Gasteiger partial charge on any atom is -0.506 e. The van der Waals surface area contributed by atoms with Gasteiger partial charge in [-0.05, 0) is 74.2 Å². The summed E-state index contributed by atoms with van der Waals surface area (Å²) in [5.74, 6) is 0.224. The maximum atomic E-state index is 13.1. The first kappa shape index (κ1) is 41.0. The van der Waals surface area contributed by atoms with Crippen molar-refractivity contribution < 1.29 is 24.2 Å². The molecule has 14 heteroatoms. The Morgan fingerprint density at radius 1 is 1.02 bits per heavy atom. The van der Waals surface area contributed by atoms with E-state index in [-0.39, 0.29) is 28.0 Å². The van der Waals surface area contributed by atoms with E-state index in [4.69, 9.17) is 9.47 Å². The molecule has 2 amide bonds. The predicted molar refractivity (Wildman–Crippen MR) is 219 cm³/mol. The van der Waals surface area contributed by atoms with Crippen molar-refractivity contribution in [3.8, 4) is 5.75 Å². The normalized spacial score (nSPS) is 15.9. The molecule has 0 atom stereocenters. The fourth-order valence-electron chi connectivity index (χ4n) is 7.47. The number of ether oxygens (including phenoxy) is 2. The maximum absolute atomic E-state index is 13.1. The predicted octanol–water partition coefficient (Wildman–Crippen LogP) is 4.88. The van der Waals surface area contributed by atoms with E-state index < -0.39 is 0 Å². The van der Waals surface area contributed by atoms with Crippen LogP contribution in [-0.2, 0) is 40.0 Å². The number of likely N-dealkylation sites (tertiary alicyclic amines) is 1. The van der Waals surface area contributed by atoms with Gasteiger partial charge in [0.2, 0.25) is 5.91 Å². The standard InChI is InChI=1S/C41H56N6O6S2/c1-3-19-46(23-18-42-17-11-32-9-10-34(48)37-38(32)55-40(51)44-37)36(49)14-26-52-25-13-31-7-5-30(6-8-31)12-20-45-21-15-41(16-22-45)29-47(24-27-53-41)39(50)33-28-54-35(4-2)43-33/h5-10,28,42,48H,3-4,11-27,29H2,1-2H3,(H,44,51). The highest BCUT2D eigenvalue weighted by Crippen LogP contribution is 2.31. The largest absolute Gasteiger partial charge is 0.506 e. The monoisotopic (exact) mass is 792 g/mol. The van der Waals surface area contributed by atoms with Crippen LogP contribution in [0.25, 0.3) is 10.2 Å². The lowest BCUT2D eigenvalue weighted by Gasteiger charge is -2.47. The number of rotatable bonds is 19. The number of H-pyrrole nitrogens is 1. The van der Waals surface area contributed by atoms with Gasteiger partial charge in [-0.15, -0.1) is 11.3 Å². The van der Waals surface area contributed by atoms with Crippen molar-refractivity contribution in [1.29, 1.82) is 0 Å². The average Bonchev–Trinajstić information content (AvgIpc) is 3.85. The summed E-state index contributed by atoms with van der Waals surface area (Å²) in [6.07, 6.45) is 6.49. The molecule has 4 aromatic rings. The molecule has 2 aromatic heterocycles. The molecule has 2 aliphatic heterocycles. The fraction of sp³-hybridized carbons (Fsp3) is 0.561. The molecule has 2 aliphatic rings. The summed E-state index contributed by atoms with van der Waals surface area (Å²) in [7, 11) is 0. The van der Waals surface area contributed by atoms with Crippen LogP contribution in [0.3, 0.4) is 0 Å². The molecule has 1 spiro atoms. The summed E-state index contributed by atoms with van der Waals surface area (Å²) in [4.78, 5) is 51.3. The number of aromatic hydroxyl groups is 1. The van der Waals surface area contributed by atoms with Crippen LogP contribution in [0.5, 0.6) is 5.75 Å². The smallest absolute Gasteiger partial charge is 0.305 e. The summed E-state index contributed by atoms with van der Waals surface area (Å²) < 4.78 is 13.0. The zero-order valence-electron chi connectivity index (χ0n) is 32.3. The zero-order valence-corrected chi connectivity index (χ0v) is 33.9. The number of morpholine rings is 1. The number of fused-ring (bicyclic) bond motifs is 1. The summed E-state index contributed by atoms with van der Waals surface area (Å²) >= 11 is 2.68. The Balaban J connectivity index is 0.829. The second-order valence-electron chi connectivity index (χ2n) is 14.6. The first-order chi connectivity index (χ1) is 26.8. The molecule has 4 heterocycles. The van der Waals surface area contributed by atoms with Crippen molar-refractivity contribution in [3.05, 3.63) is 78.8 Å². The topological polar surface area (TPSA) is 140 Å². The number of benzene rings is 2. The van der Waals surface area contributed by atoms with E-state index >= 15 is 0 Å². The fourth-order valence-corrected chi connectivity index (χ4v) is 9.09. The molecule has 2 saturated heterocycles. The molecule has 0 radical (unpaired) electrons. The molecule has 6 rings (SSSR count). The third-order valence-corrected chi connectivity index (χ3v) is 12.7. The summed E-state index contributed by atoms with van der Waals surface area (Å²) in [5, 5.41) is 16.3. The van der Waals surface area contributed by atoms with Crippen molar-refractivity contribution in [2.75, 3.05) is 78.7 Å². The van der Waals surface area contributed by atoms with E-state index in [1.807, 2.05) is 21.2 Å². The van der Waals surface area contributed by atoms with Crippen molar-refractivity contribution in [1.82, 2.24) is 30.0 Å². The van der Waals surface area contributed by atoms with E-state index in [0.29, 0.717) is 76.7 Å². The van der Waals surface area contributed by atoms with Gasteiger partial charge in [0.15, 0.2) is 0 Å². The van der Waals surface area contributed by atoms with Gasteiger partial charge in [0.25, 0.3) is 5.91 Å². The van der Waals surface area contributed by atoms with Gasteiger partial charge >= 0.3 is 4.87 Å². The van der Waals surface area contributed by atoms with Gasteiger partial charge in [0, 0.05) is 51.2 Å². The Bertz CT molecular complexity index is 1900. The SMILES string of the molecule is CCCN(CCNCCc1ccc(O)c2[nH]c(=O)sc12)C(=O)CCOCCc1ccc(CCN2CCC3(CC2)CN(C(=O)c2csc(CC)n2)CCO3)cc1. The summed E-state index contributed by atoms with van der Waals surface area (Å²) in [6, 6.07) is 12.3. The highest BCUT2D eigenvalue weighted by molar-refractivity contribution is 7.16. The Kier molecular flexibility index (Phi) is 14.9. The average molecular weight is 793 g/mol. The molecule has 0 saturated carbocycles. The van der Waals surface area contributed by atoms with Crippen LogP contribution in [0.2, 0.25) is 0 Å². The number of amides is 2. The van der Waals surface area contributed by atoms with E-state index in [2.05, 4.69) is 58.3 Å². The number of thiazole rings is 2. The lowest BCUT2D eigenvalue weighted by Crippen LogP contribution is -2.58. The van der Waals surface area contributed by atoms with Gasteiger partial charge in [-0.3, -0.25) is 14.4 Å². The molecule has 3 N–H and O–H groups in total. The summed E-state index contributed by atoms with van der Waals surface area (Å²) in [6.45, 7) is 12.6. The molecule has 0 aliphatic carbocycles. The van der Waals surface area contributed by atoms with Crippen molar-refractivity contribution in [2.24, 2.45) is 0 Å². The first-order valence-corrected chi connectivity index (χ1v) is 21.5. The Labute approximate surface area is 331 Å². The molecule has 0 bridgehead atoms.